The molecule has 4 rings (SSSR count). The van der Waals surface area contributed by atoms with Crippen LogP contribution in [0.1, 0.15) is 55.6 Å². The summed E-state index contributed by atoms with van der Waals surface area (Å²) in [6.45, 7) is 3.45. The molecule has 0 bridgehead atoms. The largest absolute Gasteiger partial charge is 0.357 e. The van der Waals surface area contributed by atoms with E-state index in [1.807, 2.05) is 10.9 Å². The third-order valence-corrected chi connectivity index (χ3v) is 7.91. The van der Waals surface area contributed by atoms with E-state index in [0.29, 0.717) is 9.90 Å². The first-order valence-electron chi connectivity index (χ1n) is 9.41. The SMILES string of the molecule is CS(=O)(=O)c1snnc1C1CCN(Cc2ccnn2[C@H]2CCCCO2)CC1. The fraction of sp³-hybridized carbons (Fsp3) is 0.706. The number of ether oxygens (including phenoxy) is 1. The Morgan fingerprint density at radius 1 is 1.26 bits per heavy atom. The summed E-state index contributed by atoms with van der Waals surface area (Å²) < 4.78 is 35.9. The van der Waals surface area contributed by atoms with Gasteiger partial charge in [-0.25, -0.2) is 13.1 Å². The lowest BCUT2D eigenvalue weighted by Crippen LogP contribution is -2.34. The zero-order valence-corrected chi connectivity index (χ0v) is 17.1. The number of nitrogens with zero attached hydrogens (tertiary/aromatic N) is 5. The lowest BCUT2D eigenvalue weighted by atomic mass is 9.94. The molecular formula is C17H25N5O3S2. The van der Waals surface area contributed by atoms with Crippen LogP contribution in [0.3, 0.4) is 0 Å². The summed E-state index contributed by atoms with van der Waals surface area (Å²) in [5.41, 5.74) is 1.83. The maximum Gasteiger partial charge on any atom is 0.188 e. The van der Waals surface area contributed by atoms with E-state index >= 15 is 0 Å². The summed E-state index contributed by atoms with van der Waals surface area (Å²) in [5, 5.41) is 8.60. The predicted molar refractivity (Wildman–Crippen MR) is 101 cm³/mol. The Morgan fingerprint density at radius 2 is 2.07 bits per heavy atom. The van der Waals surface area contributed by atoms with Crippen LogP contribution in [0.25, 0.3) is 0 Å². The Kier molecular flexibility index (Phi) is 5.58. The number of sulfone groups is 1. The number of likely N-dealkylation sites (tertiary alicyclic amines) is 1. The van der Waals surface area contributed by atoms with Gasteiger partial charge < -0.3 is 4.74 Å². The van der Waals surface area contributed by atoms with Crippen LogP contribution in [-0.4, -0.2) is 58.6 Å². The van der Waals surface area contributed by atoms with Crippen LogP contribution < -0.4 is 0 Å². The first kappa shape index (κ1) is 19.0. The molecule has 8 nitrogen and oxygen atoms in total. The van der Waals surface area contributed by atoms with Crippen LogP contribution in [0, 0.1) is 0 Å². The van der Waals surface area contributed by atoms with E-state index < -0.39 is 9.84 Å². The van der Waals surface area contributed by atoms with E-state index in [1.165, 1.54) is 18.4 Å². The van der Waals surface area contributed by atoms with Gasteiger partial charge in [-0.2, -0.15) is 5.10 Å². The van der Waals surface area contributed by atoms with Crippen LogP contribution in [0.2, 0.25) is 0 Å². The van der Waals surface area contributed by atoms with Gasteiger partial charge in [0.05, 0.1) is 11.4 Å². The molecule has 10 heteroatoms. The molecule has 0 spiro atoms. The van der Waals surface area contributed by atoms with E-state index in [9.17, 15) is 8.42 Å². The first-order chi connectivity index (χ1) is 13.0. The second-order valence-corrected chi connectivity index (χ2v) is 10.3. The number of rotatable bonds is 5. The second kappa shape index (κ2) is 7.94. The van der Waals surface area contributed by atoms with Crippen molar-refractivity contribution in [3.05, 3.63) is 23.7 Å². The standard InChI is InChI=1S/C17H25N5O3S2/c1-27(23,24)17-16(19-20-26-17)13-6-9-21(10-7-13)12-14-5-8-18-22(14)15-4-2-3-11-25-15/h5,8,13,15H,2-4,6-7,9-12H2,1H3/t15-/m1/s1. The second-order valence-electron chi connectivity index (χ2n) is 7.36. The minimum absolute atomic E-state index is 0.0553. The smallest absolute Gasteiger partial charge is 0.188 e. The summed E-state index contributed by atoms with van der Waals surface area (Å²) in [6.07, 6.45) is 8.24. The van der Waals surface area contributed by atoms with Gasteiger partial charge in [0.15, 0.2) is 20.3 Å². The normalized spacial score (nSPS) is 22.9. The predicted octanol–water partition coefficient (Wildman–Crippen LogP) is 2.22. The summed E-state index contributed by atoms with van der Waals surface area (Å²) in [4.78, 5) is 2.40. The number of aromatic nitrogens is 4. The van der Waals surface area contributed by atoms with Gasteiger partial charge in [0.1, 0.15) is 0 Å². The highest BCUT2D eigenvalue weighted by Gasteiger charge is 2.29. The lowest BCUT2D eigenvalue weighted by molar-refractivity contribution is -0.0422. The van der Waals surface area contributed by atoms with Gasteiger partial charge in [-0.3, -0.25) is 4.90 Å². The highest BCUT2D eigenvalue weighted by molar-refractivity contribution is 7.92. The lowest BCUT2D eigenvalue weighted by Gasteiger charge is -2.32. The van der Waals surface area contributed by atoms with Crippen LogP contribution in [0.15, 0.2) is 16.5 Å². The van der Waals surface area contributed by atoms with Crippen molar-refractivity contribution in [3.8, 4) is 0 Å². The van der Waals surface area contributed by atoms with E-state index in [2.05, 4.69) is 25.7 Å². The van der Waals surface area contributed by atoms with Gasteiger partial charge in [0.25, 0.3) is 0 Å². The quantitative estimate of drug-likeness (QED) is 0.745. The molecule has 0 aromatic carbocycles. The Labute approximate surface area is 163 Å². The molecule has 27 heavy (non-hydrogen) atoms. The molecule has 4 heterocycles. The van der Waals surface area contributed by atoms with Crippen LogP contribution in [0.4, 0.5) is 0 Å². The Bertz CT molecular complexity index is 865. The molecule has 2 aromatic rings. The highest BCUT2D eigenvalue weighted by Crippen LogP contribution is 2.33. The number of piperidine rings is 1. The third kappa shape index (κ3) is 4.23. The monoisotopic (exact) mass is 411 g/mol. The number of hydrogen-bond donors (Lipinski definition) is 0. The number of hydrogen-bond acceptors (Lipinski definition) is 8. The molecule has 148 valence electrons. The minimum Gasteiger partial charge on any atom is -0.357 e. The molecule has 0 aliphatic carbocycles. The molecule has 0 saturated carbocycles. The van der Waals surface area contributed by atoms with Crippen molar-refractivity contribution >= 4 is 21.4 Å². The maximum absolute atomic E-state index is 11.9. The summed E-state index contributed by atoms with van der Waals surface area (Å²) >= 11 is 0.984. The van der Waals surface area contributed by atoms with Gasteiger partial charge in [-0.1, -0.05) is 4.49 Å². The molecule has 2 aliphatic rings. The fourth-order valence-corrected chi connectivity index (χ4v) is 5.66. The van der Waals surface area contributed by atoms with Gasteiger partial charge in [-0.15, -0.1) is 5.10 Å². The van der Waals surface area contributed by atoms with Crippen molar-refractivity contribution in [1.82, 2.24) is 24.3 Å². The molecule has 0 N–H and O–H groups in total. The molecule has 0 unspecified atom stereocenters. The molecule has 2 fully saturated rings. The average molecular weight is 412 g/mol. The van der Waals surface area contributed by atoms with E-state index in [-0.39, 0.29) is 12.1 Å². The molecule has 0 amide bonds. The van der Waals surface area contributed by atoms with Crippen molar-refractivity contribution in [2.24, 2.45) is 0 Å². The van der Waals surface area contributed by atoms with Crippen molar-refractivity contribution in [1.29, 1.82) is 0 Å². The molecule has 0 radical (unpaired) electrons. The van der Waals surface area contributed by atoms with E-state index in [1.54, 1.807) is 0 Å². The fourth-order valence-electron chi connectivity index (χ4n) is 3.93. The van der Waals surface area contributed by atoms with E-state index in [4.69, 9.17) is 4.74 Å². The van der Waals surface area contributed by atoms with Crippen LogP contribution >= 0.6 is 11.5 Å². The maximum atomic E-state index is 11.9. The van der Waals surface area contributed by atoms with Crippen LogP contribution in [-0.2, 0) is 21.1 Å². The van der Waals surface area contributed by atoms with Gasteiger partial charge >= 0.3 is 0 Å². The molecular weight excluding hydrogens is 386 g/mol. The van der Waals surface area contributed by atoms with Crippen molar-refractivity contribution in [3.63, 3.8) is 0 Å². The first-order valence-corrected chi connectivity index (χ1v) is 12.1. The zero-order valence-electron chi connectivity index (χ0n) is 15.5. The Morgan fingerprint density at radius 3 is 2.78 bits per heavy atom. The summed E-state index contributed by atoms with van der Waals surface area (Å²) in [6, 6.07) is 2.07. The van der Waals surface area contributed by atoms with Crippen LogP contribution in [0.5, 0.6) is 0 Å². The topological polar surface area (TPSA) is 90.2 Å². The molecule has 2 saturated heterocycles. The zero-order chi connectivity index (χ0) is 18.9. The third-order valence-electron chi connectivity index (χ3n) is 5.36. The molecule has 2 aliphatic heterocycles. The van der Waals surface area contributed by atoms with Crippen molar-refractivity contribution in [2.75, 3.05) is 26.0 Å². The van der Waals surface area contributed by atoms with Gasteiger partial charge in [0.2, 0.25) is 0 Å². The Hall–Kier alpha value is -1.36. The minimum atomic E-state index is -3.26. The Balaban J connectivity index is 1.38. The summed E-state index contributed by atoms with van der Waals surface area (Å²) in [7, 11) is -3.26. The molecule has 2 aromatic heterocycles. The highest BCUT2D eigenvalue weighted by atomic mass is 32.2. The van der Waals surface area contributed by atoms with E-state index in [0.717, 1.165) is 63.5 Å². The van der Waals surface area contributed by atoms with Crippen molar-refractivity contribution in [2.45, 2.75) is 55.0 Å². The van der Waals surface area contributed by atoms with Gasteiger partial charge in [0, 0.05) is 43.1 Å². The molecule has 1 atom stereocenters. The van der Waals surface area contributed by atoms with Crippen molar-refractivity contribution < 1.29 is 13.2 Å². The summed E-state index contributed by atoms with van der Waals surface area (Å²) in [5.74, 6) is 0.163. The average Bonchev–Trinajstić information content (AvgIpc) is 3.32. The van der Waals surface area contributed by atoms with Gasteiger partial charge in [-0.05, 0) is 51.3 Å².